The molecule has 3 nitrogen and oxygen atoms in total. The van der Waals surface area contributed by atoms with Crippen LogP contribution in [0.25, 0.3) is 0 Å². The van der Waals surface area contributed by atoms with Crippen molar-refractivity contribution in [3.8, 4) is 0 Å². The van der Waals surface area contributed by atoms with E-state index in [0.29, 0.717) is 18.4 Å². The van der Waals surface area contributed by atoms with E-state index in [1.54, 1.807) is 7.11 Å². The van der Waals surface area contributed by atoms with E-state index in [1.165, 1.54) is 0 Å². The average molecular weight is 272 g/mol. The highest BCUT2D eigenvalue weighted by Gasteiger charge is 2.42. The van der Waals surface area contributed by atoms with Crippen LogP contribution in [0.4, 0.5) is 0 Å². The van der Waals surface area contributed by atoms with Crippen LogP contribution in [0.15, 0.2) is 0 Å². The van der Waals surface area contributed by atoms with Gasteiger partial charge < -0.3 is 9.47 Å². The van der Waals surface area contributed by atoms with Gasteiger partial charge in [-0.3, -0.25) is 4.79 Å². The van der Waals surface area contributed by atoms with Gasteiger partial charge in [-0.05, 0) is 45.4 Å². The molecule has 0 aliphatic carbocycles. The van der Waals surface area contributed by atoms with Crippen molar-refractivity contribution in [3.05, 3.63) is 0 Å². The van der Waals surface area contributed by atoms with Crippen LogP contribution in [0, 0.1) is 17.3 Å². The number of esters is 1. The SMILES string of the molecule is COCC(CC(C)C)(CC(C)C)C(=O)OC(C)(C)C. The number of hydrogen-bond acceptors (Lipinski definition) is 3. The summed E-state index contributed by atoms with van der Waals surface area (Å²) in [6.45, 7) is 14.7. The molecule has 0 aliphatic heterocycles. The number of carbonyl (C=O) groups excluding carboxylic acids is 1. The molecule has 0 saturated heterocycles. The lowest BCUT2D eigenvalue weighted by atomic mass is 9.74. The minimum atomic E-state index is -0.523. The van der Waals surface area contributed by atoms with Crippen LogP contribution in [0.3, 0.4) is 0 Å². The number of carbonyl (C=O) groups is 1. The smallest absolute Gasteiger partial charge is 0.314 e. The third kappa shape index (κ3) is 6.95. The summed E-state index contributed by atoms with van der Waals surface area (Å²) in [5.74, 6) is 0.743. The molecule has 0 atom stereocenters. The van der Waals surface area contributed by atoms with Gasteiger partial charge in [-0.25, -0.2) is 0 Å². The van der Waals surface area contributed by atoms with Crippen LogP contribution >= 0.6 is 0 Å². The summed E-state index contributed by atoms with van der Waals surface area (Å²) in [7, 11) is 1.65. The Hall–Kier alpha value is -0.570. The molecule has 0 aromatic rings. The molecule has 0 amide bonds. The number of rotatable bonds is 7. The van der Waals surface area contributed by atoms with Crippen molar-refractivity contribution in [1.29, 1.82) is 0 Å². The highest BCUT2D eigenvalue weighted by molar-refractivity contribution is 5.77. The third-order valence-corrected chi connectivity index (χ3v) is 2.85. The molecular weight excluding hydrogens is 240 g/mol. The summed E-state index contributed by atoms with van der Waals surface area (Å²) in [6.07, 6.45) is 1.60. The molecule has 0 aliphatic rings. The maximum absolute atomic E-state index is 12.6. The molecule has 0 fully saturated rings. The lowest BCUT2D eigenvalue weighted by molar-refractivity contribution is -0.174. The van der Waals surface area contributed by atoms with Gasteiger partial charge >= 0.3 is 5.97 Å². The fourth-order valence-corrected chi connectivity index (χ4v) is 2.65. The van der Waals surface area contributed by atoms with Gasteiger partial charge in [0.2, 0.25) is 0 Å². The minimum Gasteiger partial charge on any atom is -0.459 e. The molecule has 0 saturated carbocycles. The molecule has 0 unspecified atom stereocenters. The van der Waals surface area contributed by atoms with E-state index in [4.69, 9.17) is 9.47 Å². The Morgan fingerprint density at radius 3 is 1.68 bits per heavy atom. The molecule has 0 aromatic heterocycles. The second-order valence-corrected chi connectivity index (χ2v) is 7.41. The average Bonchev–Trinajstić information content (AvgIpc) is 2.12. The Bertz CT molecular complexity index is 264. The van der Waals surface area contributed by atoms with Crippen LogP contribution in [0.1, 0.15) is 61.3 Å². The molecule has 0 rings (SSSR count). The fraction of sp³-hybridized carbons (Fsp3) is 0.938. The Labute approximate surface area is 119 Å². The van der Waals surface area contributed by atoms with Crippen molar-refractivity contribution in [3.63, 3.8) is 0 Å². The molecule has 0 bridgehead atoms. The quantitative estimate of drug-likeness (QED) is 0.656. The van der Waals surface area contributed by atoms with Crippen LogP contribution in [0.5, 0.6) is 0 Å². The maximum Gasteiger partial charge on any atom is 0.314 e. The van der Waals surface area contributed by atoms with Crippen molar-refractivity contribution < 1.29 is 14.3 Å². The molecular formula is C16H32O3. The predicted molar refractivity (Wildman–Crippen MR) is 79.1 cm³/mol. The van der Waals surface area contributed by atoms with Crippen molar-refractivity contribution in [2.45, 2.75) is 66.9 Å². The van der Waals surface area contributed by atoms with Gasteiger partial charge in [-0.2, -0.15) is 0 Å². The van der Waals surface area contributed by atoms with Gasteiger partial charge in [0, 0.05) is 7.11 Å². The monoisotopic (exact) mass is 272 g/mol. The minimum absolute atomic E-state index is 0.121. The van der Waals surface area contributed by atoms with E-state index in [1.807, 2.05) is 20.8 Å². The summed E-state index contributed by atoms with van der Waals surface area (Å²) >= 11 is 0. The number of ether oxygens (including phenoxy) is 2. The normalized spacial score (nSPS) is 13.2. The summed E-state index contributed by atoms with van der Waals surface area (Å²) in [4.78, 5) is 12.6. The third-order valence-electron chi connectivity index (χ3n) is 2.85. The predicted octanol–water partition coefficient (Wildman–Crippen LogP) is 4.05. The Kier molecular flexibility index (Phi) is 7.06. The second kappa shape index (κ2) is 7.28. The molecule has 114 valence electrons. The first-order valence-corrected chi connectivity index (χ1v) is 7.25. The van der Waals surface area contributed by atoms with E-state index in [2.05, 4.69) is 27.7 Å². The molecule has 0 radical (unpaired) electrons. The summed E-state index contributed by atoms with van der Waals surface area (Å²) in [6, 6.07) is 0. The highest BCUT2D eigenvalue weighted by Crippen LogP contribution is 2.36. The largest absolute Gasteiger partial charge is 0.459 e. The zero-order chi connectivity index (χ0) is 15.3. The number of hydrogen-bond donors (Lipinski definition) is 0. The molecule has 3 heteroatoms. The van der Waals surface area contributed by atoms with E-state index in [0.717, 1.165) is 12.8 Å². The maximum atomic E-state index is 12.6. The summed E-state index contributed by atoms with van der Waals surface area (Å²) < 4.78 is 11.0. The van der Waals surface area contributed by atoms with Crippen LogP contribution < -0.4 is 0 Å². The fourth-order valence-electron chi connectivity index (χ4n) is 2.65. The first-order valence-electron chi connectivity index (χ1n) is 7.25. The van der Waals surface area contributed by atoms with E-state index in [-0.39, 0.29) is 5.97 Å². The zero-order valence-electron chi connectivity index (χ0n) is 14.0. The van der Waals surface area contributed by atoms with Crippen molar-refractivity contribution in [2.75, 3.05) is 13.7 Å². The topological polar surface area (TPSA) is 35.5 Å². The van der Waals surface area contributed by atoms with E-state index >= 15 is 0 Å². The lowest BCUT2D eigenvalue weighted by Gasteiger charge is -2.36. The van der Waals surface area contributed by atoms with E-state index in [9.17, 15) is 4.79 Å². The first-order chi connectivity index (χ1) is 8.52. The van der Waals surface area contributed by atoms with Gasteiger partial charge in [0.15, 0.2) is 0 Å². The number of methoxy groups -OCH3 is 1. The Morgan fingerprint density at radius 1 is 1.00 bits per heavy atom. The molecule has 0 heterocycles. The van der Waals surface area contributed by atoms with Gasteiger partial charge in [0.1, 0.15) is 5.60 Å². The summed E-state index contributed by atoms with van der Waals surface area (Å²) in [5, 5.41) is 0. The van der Waals surface area contributed by atoms with Crippen molar-refractivity contribution >= 4 is 5.97 Å². The highest BCUT2D eigenvalue weighted by atomic mass is 16.6. The van der Waals surface area contributed by atoms with Gasteiger partial charge in [0.25, 0.3) is 0 Å². The van der Waals surface area contributed by atoms with Gasteiger partial charge in [0.05, 0.1) is 12.0 Å². The first kappa shape index (κ1) is 18.4. The standard InChI is InChI=1S/C16H32O3/c1-12(2)9-16(11-18-8,10-13(3)4)14(17)19-15(5,6)7/h12-13H,9-11H2,1-8H3. The van der Waals surface area contributed by atoms with Crippen LogP contribution in [0.2, 0.25) is 0 Å². The van der Waals surface area contributed by atoms with Gasteiger partial charge in [-0.1, -0.05) is 27.7 Å². The van der Waals surface area contributed by atoms with Gasteiger partial charge in [-0.15, -0.1) is 0 Å². The van der Waals surface area contributed by atoms with Crippen LogP contribution in [-0.4, -0.2) is 25.3 Å². The van der Waals surface area contributed by atoms with Crippen molar-refractivity contribution in [2.24, 2.45) is 17.3 Å². The second-order valence-electron chi connectivity index (χ2n) is 7.41. The van der Waals surface area contributed by atoms with E-state index < -0.39 is 11.0 Å². The Balaban J connectivity index is 5.23. The molecule has 0 aromatic carbocycles. The molecule has 0 spiro atoms. The van der Waals surface area contributed by atoms with Crippen LogP contribution in [-0.2, 0) is 14.3 Å². The molecule has 19 heavy (non-hydrogen) atoms. The zero-order valence-corrected chi connectivity index (χ0v) is 14.0. The summed E-state index contributed by atoms with van der Waals surface area (Å²) in [5.41, 5.74) is -0.978. The Morgan fingerprint density at radius 2 is 1.42 bits per heavy atom. The lowest BCUT2D eigenvalue weighted by Crippen LogP contribution is -2.43. The van der Waals surface area contributed by atoms with Crippen molar-refractivity contribution in [1.82, 2.24) is 0 Å². The molecule has 0 N–H and O–H groups in total.